The standard InChI is InChI=1S/C15H29NO3S/c1-3-12-6-4-8-14(10-12,11-16)15(17)9-5-7-13(15)20(2,18)19/h12-13,17H,3-11,16H2,1-2H3. The lowest BCUT2D eigenvalue weighted by Gasteiger charge is -2.51. The van der Waals surface area contributed by atoms with Crippen molar-refractivity contribution in [1.82, 2.24) is 0 Å². The van der Waals surface area contributed by atoms with E-state index in [0.717, 1.165) is 32.1 Å². The third-order valence-electron chi connectivity index (χ3n) is 5.91. The Morgan fingerprint density at radius 3 is 2.45 bits per heavy atom. The average molecular weight is 303 g/mol. The topological polar surface area (TPSA) is 80.4 Å². The normalized spacial score (nSPS) is 42.8. The summed E-state index contributed by atoms with van der Waals surface area (Å²) in [4.78, 5) is 0. The van der Waals surface area contributed by atoms with E-state index in [0.29, 0.717) is 25.3 Å². The van der Waals surface area contributed by atoms with Crippen LogP contribution >= 0.6 is 0 Å². The van der Waals surface area contributed by atoms with E-state index in [1.165, 1.54) is 12.7 Å². The molecule has 4 nitrogen and oxygen atoms in total. The van der Waals surface area contributed by atoms with Gasteiger partial charge in [0.05, 0.1) is 10.9 Å². The number of hydrogen-bond donors (Lipinski definition) is 2. The summed E-state index contributed by atoms with van der Waals surface area (Å²) < 4.78 is 24.2. The molecule has 0 saturated heterocycles. The summed E-state index contributed by atoms with van der Waals surface area (Å²) >= 11 is 0. The maximum absolute atomic E-state index is 12.1. The molecule has 3 N–H and O–H groups in total. The Hall–Kier alpha value is -0.130. The molecule has 0 aliphatic heterocycles. The number of rotatable bonds is 4. The predicted molar refractivity (Wildman–Crippen MR) is 81.2 cm³/mol. The molecule has 20 heavy (non-hydrogen) atoms. The van der Waals surface area contributed by atoms with E-state index in [1.807, 2.05) is 0 Å². The lowest BCUT2D eigenvalue weighted by molar-refractivity contribution is -0.101. The molecule has 0 radical (unpaired) electrons. The van der Waals surface area contributed by atoms with Gasteiger partial charge in [0.15, 0.2) is 9.84 Å². The largest absolute Gasteiger partial charge is 0.388 e. The van der Waals surface area contributed by atoms with Crippen molar-refractivity contribution in [3.63, 3.8) is 0 Å². The third-order valence-corrected chi connectivity index (χ3v) is 7.57. The number of nitrogens with two attached hydrogens (primary N) is 1. The fourth-order valence-corrected chi connectivity index (χ4v) is 6.39. The first kappa shape index (κ1) is 16.2. The molecule has 4 atom stereocenters. The molecule has 2 saturated carbocycles. The first-order valence-corrected chi connectivity index (χ1v) is 9.86. The highest BCUT2D eigenvalue weighted by atomic mass is 32.2. The van der Waals surface area contributed by atoms with Crippen LogP contribution in [-0.4, -0.2) is 37.2 Å². The zero-order valence-corrected chi connectivity index (χ0v) is 13.6. The summed E-state index contributed by atoms with van der Waals surface area (Å²) in [6, 6.07) is 0. The summed E-state index contributed by atoms with van der Waals surface area (Å²) in [7, 11) is -3.24. The Morgan fingerprint density at radius 1 is 1.25 bits per heavy atom. The molecule has 0 bridgehead atoms. The highest BCUT2D eigenvalue weighted by Gasteiger charge is 2.59. The Balaban J connectivity index is 2.38. The van der Waals surface area contributed by atoms with Crippen molar-refractivity contribution >= 4 is 9.84 Å². The van der Waals surface area contributed by atoms with E-state index >= 15 is 0 Å². The molecule has 118 valence electrons. The SMILES string of the molecule is CCC1CCCC(CN)(C2(O)CCCC2S(C)(=O)=O)C1. The van der Waals surface area contributed by atoms with Crippen LogP contribution in [0.2, 0.25) is 0 Å². The van der Waals surface area contributed by atoms with E-state index in [-0.39, 0.29) is 0 Å². The van der Waals surface area contributed by atoms with Crippen LogP contribution in [0, 0.1) is 11.3 Å². The number of hydrogen-bond acceptors (Lipinski definition) is 4. The van der Waals surface area contributed by atoms with Crippen LogP contribution in [0.25, 0.3) is 0 Å². The van der Waals surface area contributed by atoms with Gasteiger partial charge in [-0.2, -0.15) is 0 Å². The summed E-state index contributed by atoms with van der Waals surface area (Å²) in [6.07, 6.45) is 8.26. The van der Waals surface area contributed by atoms with Gasteiger partial charge in [-0.25, -0.2) is 8.42 Å². The van der Waals surface area contributed by atoms with Gasteiger partial charge in [-0.1, -0.05) is 26.2 Å². The minimum Gasteiger partial charge on any atom is -0.388 e. The van der Waals surface area contributed by atoms with Gasteiger partial charge >= 0.3 is 0 Å². The second kappa shape index (κ2) is 5.58. The highest BCUT2D eigenvalue weighted by molar-refractivity contribution is 7.91. The zero-order valence-electron chi connectivity index (χ0n) is 12.8. The predicted octanol–water partition coefficient (Wildman–Crippen LogP) is 1.86. The van der Waals surface area contributed by atoms with E-state index in [4.69, 9.17) is 5.73 Å². The molecule has 0 aromatic rings. The van der Waals surface area contributed by atoms with Crippen molar-refractivity contribution in [1.29, 1.82) is 0 Å². The number of sulfone groups is 1. The highest BCUT2D eigenvalue weighted by Crippen LogP contribution is 2.54. The van der Waals surface area contributed by atoms with Crippen LogP contribution < -0.4 is 5.73 Å². The second-order valence-electron chi connectivity index (χ2n) is 6.99. The first-order chi connectivity index (χ1) is 9.29. The van der Waals surface area contributed by atoms with Crippen molar-refractivity contribution in [2.75, 3.05) is 12.8 Å². The number of aliphatic hydroxyl groups is 1. The minimum absolute atomic E-state index is 0.395. The van der Waals surface area contributed by atoms with Crippen LogP contribution in [-0.2, 0) is 9.84 Å². The van der Waals surface area contributed by atoms with Gasteiger partial charge in [-0.3, -0.25) is 0 Å². The van der Waals surface area contributed by atoms with Crippen LogP contribution in [0.1, 0.15) is 58.3 Å². The maximum atomic E-state index is 12.1. The van der Waals surface area contributed by atoms with E-state index in [2.05, 4.69) is 6.92 Å². The monoisotopic (exact) mass is 303 g/mol. The minimum atomic E-state index is -3.24. The molecule has 0 heterocycles. The van der Waals surface area contributed by atoms with Gasteiger partial charge in [0.2, 0.25) is 0 Å². The van der Waals surface area contributed by atoms with E-state index < -0.39 is 26.1 Å². The molecule has 5 heteroatoms. The van der Waals surface area contributed by atoms with Crippen molar-refractivity contribution in [3.05, 3.63) is 0 Å². The van der Waals surface area contributed by atoms with E-state index in [9.17, 15) is 13.5 Å². The fraction of sp³-hybridized carbons (Fsp3) is 1.00. The molecular weight excluding hydrogens is 274 g/mol. The van der Waals surface area contributed by atoms with Crippen molar-refractivity contribution in [2.24, 2.45) is 17.1 Å². The molecule has 0 aromatic carbocycles. The van der Waals surface area contributed by atoms with Crippen LogP contribution in [0.15, 0.2) is 0 Å². The molecule has 2 aliphatic rings. The third kappa shape index (κ3) is 2.53. The summed E-state index contributed by atoms with van der Waals surface area (Å²) in [5, 5.41) is 10.7. The lowest BCUT2D eigenvalue weighted by Crippen LogP contribution is -2.60. The van der Waals surface area contributed by atoms with Crippen molar-refractivity contribution in [2.45, 2.75) is 69.1 Å². The maximum Gasteiger partial charge on any atom is 0.153 e. The molecule has 2 aliphatic carbocycles. The first-order valence-electron chi connectivity index (χ1n) is 7.90. The van der Waals surface area contributed by atoms with Gasteiger partial charge < -0.3 is 10.8 Å². The molecule has 0 aromatic heterocycles. The average Bonchev–Trinajstić information content (AvgIpc) is 2.82. The Labute approximate surface area is 123 Å². The van der Waals surface area contributed by atoms with Gasteiger partial charge in [0.1, 0.15) is 0 Å². The van der Waals surface area contributed by atoms with Crippen LogP contribution in [0.3, 0.4) is 0 Å². The summed E-state index contributed by atoms with van der Waals surface area (Å²) in [5.41, 5.74) is 4.54. The van der Waals surface area contributed by atoms with Gasteiger partial charge in [-0.15, -0.1) is 0 Å². The van der Waals surface area contributed by atoms with Crippen LogP contribution in [0.4, 0.5) is 0 Å². The molecule has 0 amide bonds. The fourth-order valence-electron chi connectivity index (χ4n) is 4.72. The van der Waals surface area contributed by atoms with Crippen LogP contribution in [0.5, 0.6) is 0 Å². The molecule has 2 rings (SSSR count). The van der Waals surface area contributed by atoms with Gasteiger partial charge in [0.25, 0.3) is 0 Å². The van der Waals surface area contributed by atoms with Crippen molar-refractivity contribution < 1.29 is 13.5 Å². The zero-order chi connectivity index (χ0) is 15.0. The van der Waals surface area contributed by atoms with Gasteiger partial charge in [0, 0.05) is 18.2 Å². The Bertz CT molecular complexity index is 450. The quantitative estimate of drug-likeness (QED) is 0.830. The Kier molecular flexibility index (Phi) is 4.53. The summed E-state index contributed by atoms with van der Waals surface area (Å²) in [5.74, 6) is 0.567. The summed E-state index contributed by atoms with van der Waals surface area (Å²) in [6.45, 7) is 2.57. The molecule has 0 spiro atoms. The Morgan fingerprint density at radius 2 is 1.90 bits per heavy atom. The molecule has 2 fully saturated rings. The van der Waals surface area contributed by atoms with E-state index in [1.54, 1.807) is 0 Å². The smallest absolute Gasteiger partial charge is 0.153 e. The van der Waals surface area contributed by atoms with Crippen molar-refractivity contribution in [3.8, 4) is 0 Å². The molecule has 4 unspecified atom stereocenters. The molecular formula is C15H29NO3S. The second-order valence-corrected chi connectivity index (χ2v) is 9.22. The lowest BCUT2D eigenvalue weighted by atomic mass is 9.59. The van der Waals surface area contributed by atoms with Gasteiger partial charge in [-0.05, 0) is 38.0 Å².